The van der Waals surface area contributed by atoms with Gasteiger partial charge in [-0.1, -0.05) is 354 Å². The maximum absolute atomic E-state index is 12.5. The van der Waals surface area contributed by atoms with Gasteiger partial charge in [-0.15, -0.1) is 0 Å². The van der Waals surface area contributed by atoms with Gasteiger partial charge in [0.25, 0.3) is 0 Å². The third-order valence-corrected chi connectivity index (χ3v) is 16.2. The number of aliphatic hydroxyl groups excluding tert-OH is 2. The molecule has 0 spiro atoms. The molecule has 6 nitrogen and oxygen atoms in total. The molecule has 0 bridgehead atoms. The number of unbranched alkanes of at least 4 members (excludes halogenated alkanes) is 53. The number of carbonyl (C=O) groups is 2. The fourth-order valence-corrected chi connectivity index (χ4v) is 11.0. The van der Waals surface area contributed by atoms with Crippen molar-refractivity contribution in [1.29, 1.82) is 0 Å². The monoisotopic (exact) mass is 1030 g/mol. The predicted molar refractivity (Wildman–Crippen MR) is 320 cm³/mol. The summed E-state index contributed by atoms with van der Waals surface area (Å²) < 4.78 is 5.49. The van der Waals surface area contributed by atoms with Crippen molar-refractivity contribution in [1.82, 2.24) is 5.32 Å². The number of hydrogen-bond acceptors (Lipinski definition) is 5. The van der Waals surface area contributed by atoms with Crippen LogP contribution in [0.25, 0.3) is 0 Å². The highest BCUT2D eigenvalue weighted by Gasteiger charge is 2.20. The maximum Gasteiger partial charge on any atom is 0.305 e. The average molecular weight is 1030 g/mol. The van der Waals surface area contributed by atoms with E-state index < -0.39 is 12.1 Å². The van der Waals surface area contributed by atoms with Crippen molar-refractivity contribution >= 4 is 11.9 Å². The van der Waals surface area contributed by atoms with Gasteiger partial charge in [0.1, 0.15) is 0 Å². The molecule has 0 rings (SSSR count). The normalized spacial score (nSPS) is 12.4. The first-order valence-electron chi connectivity index (χ1n) is 33.8. The van der Waals surface area contributed by atoms with Gasteiger partial charge in [-0.3, -0.25) is 9.59 Å². The number of carbonyl (C=O) groups excluding carboxylic acids is 2. The van der Waals surface area contributed by atoms with Crippen molar-refractivity contribution in [3.8, 4) is 0 Å². The van der Waals surface area contributed by atoms with E-state index in [1.165, 1.54) is 321 Å². The Balaban J connectivity index is 3.30. The van der Waals surface area contributed by atoms with Gasteiger partial charge in [0.05, 0.1) is 25.4 Å². The lowest BCUT2D eigenvalue weighted by molar-refractivity contribution is -0.143. The molecule has 0 aliphatic carbocycles. The molecule has 2 unspecified atom stereocenters. The number of amides is 1. The molecule has 0 saturated carbocycles. The van der Waals surface area contributed by atoms with Gasteiger partial charge in [-0.2, -0.15) is 0 Å². The van der Waals surface area contributed by atoms with E-state index in [4.69, 9.17) is 4.74 Å². The Hall–Kier alpha value is -1.14. The zero-order valence-corrected chi connectivity index (χ0v) is 49.9. The number of hydrogen-bond donors (Lipinski definition) is 3. The second kappa shape index (κ2) is 63.4. The van der Waals surface area contributed by atoms with Crippen molar-refractivity contribution in [2.24, 2.45) is 0 Å². The highest BCUT2D eigenvalue weighted by molar-refractivity contribution is 5.76. The average Bonchev–Trinajstić information content (AvgIpc) is 3.39. The number of ether oxygens (including phenoxy) is 1. The number of aliphatic hydroxyl groups is 2. The first-order valence-corrected chi connectivity index (χ1v) is 33.8. The van der Waals surface area contributed by atoms with Crippen LogP contribution in [0.3, 0.4) is 0 Å². The first-order chi connectivity index (χ1) is 36.0. The Morgan fingerprint density at radius 3 is 0.836 bits per heavy atom. The van der Waals surface area contributed by atoms with E-state index in [2.05, 4.69) is 19.2 Å². The quantitative estimate of drug-likeness (QED) is 0.0417. The molecule has 2 atom stereocenters. The molecule has 0 saturated heterocycles. The van der Waals surface area contributed by atoms with E-state index in [1.54, 1.807) is 0 Å². The largest absolute Gasteiger partial charge is 0.466 e. The summed E-state index contributed by atoms with van der Waals surface area (Å²) in [5.74, 6) is -0.00601. The van der Waals surface area contributed by atoms with Crippen molar-refractivity contribution < 1.29 is 24.5 Å². The van der Waals surface area contributed by atoms with Gasteiger partial charge < -0.3 is 20.3 Å². The second-order valence-electron chi connectivity index (χ2n) is 23.5. The molecule has 0 radical (unpaired) electrons. The minimum absolute atomic E-state index is 0.0228. The van der Waals surface area contributed by atoms with Gasteiger partial charge in [-0.25, -0.2) is 0 Å². The van der Waals surface area contributed by atoms with E-state index in [0.29, 0.717) is 25.9 Å². The van der Waals surface area contributed by atoms with Gasteiger partial charge in [-0.05, 0) is 25.7 Å². The lowest BCUT2D eigenvalue weighted by Gasteiger charge is -2.22. The Morgan fingerprint density at radius 1 is 0.329 bits per heavy atom. The summed E-state index contributed by atoms with van der Waals surface area (Å²) in [4.78, 5) is 24.5. The molecule has 3 N–H and O–H groups in total. The SMILES string of the molecule is CCCCCCCCCCCCCCCCC(=O)OCCCCCCCCCCCCCCCCCCCCCCCCCCCCCCCC(=O)NC(CO)C(O)CCCCCCCCCCCCCCC. The number of rotatable bonds is 64. The van der Waals surface area contributed by atoms with Crippen LogP contribution >= 0.6 is 0 Å². The predicted octanol–water partition coefficient (Wildman–Crippen LogP) is 21.4. The minimum Gasteiger partial charge on any atom is -0.466 e. The third kappa shape index (κ3) is 60.0. The molecule has 73 heavy (non-hydrogen) atoms. The van der Waals surface area contributed by atoms with Crippen LogP contribution < -0.4 is 5.32 Å². The molecule has 0 heterocycles. The van der Waals surface area contributed by atoms with Crippen molar-refractivity contribution in [3.05, 3.63) is 0 Å². The zero-order chi connectivity index (χ0) is 52.9. The Morgan fingerprint density at radius 2 is 0.562 bits per heavy atom. The minimum atomic E-state index is -0.660. The molecule has 6 heteroatoms. The first kappa shape index (κ1) is 71.9. The van der Waals surface area contributed by atoms with Crippen LogP contribution in [0.4, 0.5) is 0 Å². The van der Waals surface area contributed by atoms with E-state index >= 15 is 0 Å². The van der Waals surface area contributed by atoms with Crippen molar-refractivity contribution in [2.75, 3.05) is 13.2 Å². The Kier molecular flexibility index (Phi) is 62.4. The lowest BCUT2D eigenvalue weighted by atomic mass is 10.0. The van der Waals surface area contributed by atoms with E-state index in [9.17, 15) is 19.8 Å². The molecule has 436 valence electrons. The molecule has 0 aliphatic rings. The van der Waals surface area contributed by atoms with Crippen LogP contribution in [0, 0.1) is 0 Å². The van der Waals surface area contributed by atoms with E-state index in [0.717, 1.165) is 38.5 Å². The zero-order valence-electron chi connectivity index (χ0n) is 49.9. The van der Waals surface area contributed by atoms with Crippen LogP contribution in [0.2, 0.25) is 0 Å². The summed E-state index contributed by atoms with van der Waals surface area (Å²) in [5.41, 5.74) is 0. The number of nitrogens with one attached hydrogen (secondary N) is 1. The summed E-state index contributed by atoms with van der Waals surface area (Å²) in [6.07, 6.45) is 75.7. The summed E-state index contributed by atoms with van der Waals surface area (Å²) in [7, 11) is 0. The molecule has 0 fully saturated rings. The van der Waals surface area contributed by atoms with E-state index in [1.807, 2.05) is 0 Å². The summed E-state index contributed by atoms with van der Waals surface area (Å²) in [6.45, 7) is 4.99. The topological polar surface area (TPSA) is 95.9 Å². The van der Waals surface area contributed by atoms with Crippen LogP contribution in [-0.4, -0.2) is 47.4 Å². The highest BCUT2D eigenvalue weighted by atomic mass is 16.5. The summed E-state index contributed by atoms with van der Waals surface area (Å²) in [6, 6.07) is -0.536. The van der Waals surface area contributed by atoms with E-state index in [-0.39, 0.29) is 18.5 Å². The smallest absolute Gasteiger partial charge is 0.305 e. The molecular formula is C67H133NO5. The van der Waals surface area contributed by atoms with Crippen molar-refractivity contribution in [2.45, 2.75) is 405 Å². The molecule has 0 aliphatic heterocycles. The fraction of sp³-hybridized carbons (Fsp3) is 0.970. The molecule has 0 aromatic rings. The molecule has 0 aromatic carbocycles. The van der Waals surface area contributed by atoms with Gasteiger partial charge in [0.2, 0.25) is 5.91 Å². The summed E-state index contributed by atoms with van der Waals surface area (Å²) >= 11 is 0. The number of esters is 1. The van der Waals surface area contributed by atoms with Crippen LogP contribution in [0.15, 0.2) is 0 Å². The van der Waals surface area contributed by atoms with Gasteiger partial charge in [0.15, 0.2) is 0 Å². The molecular weight excluding hydrogens is 899 g/mol. The molecule has 1 amide bonds. The van der Waals surface area contributed by atoms with Gasteiger partial charge in [0, 0.05) is 12.8 Å². The lowest BCUT2D eigenvalue weighted by Crippen LogP contribution is -2.45. The van der Waals surface area contributed by atoms with Crippen LogP contribution in [0.1, 0.15) is 393 Å². The maximum atomic E-state index is 12.5. The highest BCUT2D eigenvalue weighted by Crippen LogP contribution is 2.19. The summed E-state index contributed by atoms with van der Waals surface area (Å²) in [5, 5.41) is 23.3. The van der Waals surface area contributed by atoms with Gasteiger partial charge >= 0.3 is 5.97 Å². The van der Waals surface area contributed by atoms with Crippen molar-refractivity contribution in [3.63, 3.8) is 0 Å². The second-order valence-corrected chi connectivity index (χ2v) is 23.5. The van der Waals surface area contributed by atoms with Crippen LogP contribution in [0.5, 0.6) is 0 Å². The standard InChI is InChI=1S/C67H133NO5/c1-3-5-7-9-11-13-15-17-37-41-45-49-53-57-61-67(72)73-62-58-54-50-46-42-38-34-32-30-28-26-24-22-20-18-19-21-23-25-27-29-31-33-36-40-44-48-52-56-60-66(71)68-64(63-69)65(70)59-55-51-47-43-39-35-16-14-12-10-8-6-4-2/h64-65,69-70H,3-63H2,1-2H3,(H,68,71). The fourth-order valence-electron chi connectivity index (χ4n) is 11.0. The van der Waals surface area contributed by atoms with Crippen LogP contribution in [-0.2, 0) is 14.3 Å². The third-order valence-electron chi connectivity index (χ3n) is 16.2. The Labute approximate surface area is 457 Å². The Bertz CT molecular complexity index is 1050. The molecule has 0 aromatic heterocycles.